The highest BCUT2D eigenvalue weighted by atomic mass is 35.5. The number of carbonyl (C=O) groups excluding carboxylic acids is 1. The third-order valence-corrected chi connectivity index (χ3v) is 5.79. The van der Waals surface area contributed by atoms with E-state index in [2.05, 4.69) is 25.3 Å². The van der Waals surface area contributed by atoms with E-state index in [1.54, 1.807) is 42.6 Å². The molecule has 0 saturated carbocycles. The Balaban J connectivity index is 2.38. The Morgan fingerprint density at radius 1 is 1.19 bits per heavy atom. The molecule has 0 radical (unpaired) electrons. The van der Waals surface area contributed by atoms with Crippen LogP contribution in [0.25, 0.3) is 0 Å². The van der Waals surface area contributed by atoms with Crippen molar-refractivity contribution in [1.82, 2.24) is 19.3 Å². The monoisotopic (exact) mass is 480 g/mol. The van der Waals surface area contributed by atoms with Crippen molar-refractivity contribution in [3.05, 3.63) is 59.4 Å². The average Bonchev–Trinajstić information content (AvgIpc) is 2.67. The summed E-state index contributed by atoms with van der Waals surface area (Å²) in [5.74, 6) is -0.395. The van der Waals surface area contributed by atoms with Crippen LogP contribution in [0.5, 0.6) is 0 Å². The van der Waals surface area contributed by atoms with Crippen LogP contribution in [0.2, 0.25) is 5.02 Å². The van der Waals surface area contributed by atoms with E-state index >= 15 is 0 Å². The summed E-state index contributed by atoms with van der Waals surface area (Å²) in [4.78, 5) is 21.3. The Bertz CT molecular complexity index is 1040. The normalized spacial score (nSPS) is 13.5. The van der Waals surface area contributed by atoms with Gasteiger partial charge in [-0.2, -0.15) is 12.7 Å². The number of anilines is 1. The molecule has 0 fully saturated rings. The molecule has 0 aliphatic carbocycles. The summed E-state index contributed by atoms with van der Waals surface area (Å²) in [7, 11) is -1.05. The van der Waals surface area contributed by atoms with Crippen molar-refractivity contribution in [2.24, 2.45) is 10.4 Å². The van der Waals surface area contributed by atoms with Gasteiger partial charge in [0.25, 0.3) is 5.91 Å². The second-order valence-electron chi connectivity index (χ2n) is 8.49. The van der Waals surface area contributed by atoms with Gasteiger partial charge >= 0.3 is 10.2 Å². The van der Waals surface area contributed by atoms with Gasteiger partial charge in [-0.25, -0.2) is 9.71 Å². The number of amides is 1. The molecule has 2 aromatic rings. The van der Waals surface area contributed by atoms with Gasteiger partial charge in [-0.3, -0.25) is 9.78 Å². The summed E-state index contributed by atoms with van der Waals surface area (Å²) in [5, 5.41) is 6.32. The van der Waals surface area contributed by atoms with Gasteiger partial charge in [0, 0.05) is 30.9 Å². The number of nitrogens with zero attached hydrogens (tertiary/aromatic N) is 3. The van der Waals surface area contributed by atoms with E-state index in [0.717, 1.165) is 4.31 Å². The molecule has 0 aliphatic rings. The minimum atomic E-state index is -3.85. The number of hydrogen-bond donors (Lipinski definition) is 3. The van der Waals surface area contributed by atoms with Gasteiger partial charge in [0.15, 0.2) is 0 Å². The molecular formula is C21H29ClN6O3S. The van der Waals surface area contributed by atoms with Crippen LogP contribution in [0.3, 0.4) is 0 Å². The quantitative estimate of drug-likeness (QED) is 0.416. The highest BCUT2D eigenvalue weighted by Gasteiger charge is 2.23. The third kappa shape index (κ3) is 8.45. The molecule has 11 heteroatoms. The summed E-state index contributed by atoms with van der Waals surface area (Å²) in [5.41, 5.74) is 0.742. The van der Waals surface area contributed by atoms with E-state index in [0.29, 0.717) is 22.7 Å². The van der Waals surface area contributed by atoms with Crippen molar-refractivity contribution < 1.29 is 13.2 Å². The van der Waals surface area contributed by atoms with E-state index in [-0.39, 0.29) is 17.3 Å². The summed E-state index contributed by atoms with van der Waals surface area (Å²) < 4.78 is 28.3. The van der Waals surface area contributed by atoms with Crippen LogP contribution in [-0.2, 0) is 10.2 Å². The maximum Gasteiger partial charge on any atom is 0.303 e. The fourth-order valence-corrected chi connectivity index (χ4v) is 3.23. The number of aromatic nitrogens is 1. The van der Waals surface area contributed by atoms with Gasteiger partial charge in [-0.15, -0.1) is 0 Å². The zero-order valence-electron chi connectivity index (χ0n) is 18.8. The lowest BCUT2D eigenvalue weighted by atomic mass is 9.90. The Kier molecular flexibility index (Phi) is 8.59. The predicted octanol–water partition coefficient (Wildman–Crippen LogP) is 3.09. The number of halogens is 1. The molecule has 32 heavy (non-hydrogen) atoms. The summed E-state index contributed by atoms with van der Waals surface area (Å²) in [6.07, 6.45) is 2.86. The Hall–Kier alpha value is -2.69. The maximum absolute atomic E-state index is 12.8. The smallest absolute Gasteiger partial charge is 0.303 e. The average molecular weight is 481 g/mol. The van der Waals surface area contributed by atoms with Gasteiger partial charge < -0.3 is 10.6 Å². The molecule has 174 valence electrons. The van der Waals surface area contributed by atoms with Gasteiger partial charge in [0.05, 0.1) is 11.9 Å². The zero-order chi connectivity index (χ0) is 23.9. The Labute approximate surface area is 194 Å². The number of benzene rings is 1. The molecule has 1 unspecified atom stereocenters. The van der Waals surface area contributed by atoms with Crippen LogP contribution in [0.1, 0.15) is 37.6 Å². The molecular weight excluding hydrogens is 452 g/mol. The number of guanidine groups is 1. The molecule has 0 aliphatic heterocycles. The maximum atomic E-state index is 12.8. The fraction of sp³-hybridized carbons (Fsp3) is 0.381. The standard InChI is InChI=1S/C21H29ClN6O3S/c1-21(2,3)13-18(25-19(29)15-8-10-16(22)11-9-15)26-20(27-32(30,31)28(4)5)24-17-7-6-12-23-14-17/h6-12,14,18H,13H2,1-5H3,(H,25,29)(H2,24,26,27). The van der Waals surface area contributed by atoms with Crippen molar-refractivity contribution in [1.29, 1.82) is 0 Å². The van der Waals surface area contributed by atoms with Crippen molar-refractivity contribution in [2.75, 3.05) is 19.4 Å². The molecule has 1 aromatic carbocycles. The van der Waals surface area contributed by atoms with E-state index in [1.807, 2.05) is 20.8 Å². The lowest BCUT2D eigenvalue weighted by Crippen LogP contribution is -2.45. The van der Waals surface area contributed by atoms with E-state index in [4.69, 9.17) is 11.6 Å². The number of hydrogen-bond acceptors (Lipinski definition) is 5. The largest absolute Gasteiger partial charge is 0.330 e. The van der Waals surface area contributed by atoms with Crippen LogP contribution in [0.15, 0.2) is 53.8 Å². The van der Waals surface area contributed by atoms with Crippen molar-refractivity contribution in [3.63, 3.8) is 0 Å². The highest BCUT2D eigenvalue weighted by Crippen LogP contribution is 2.22. The molecule has 1 heterocycles. The van der Waals surface area contributed by atoms with Crippen LogP contribution in [0, 0.1) is 5.41 Å². The van der Waals surface area contributed by atoms with Crippen LogP contribution < -0.4 is 15.4 Å². The number of pyridine rings is 1. The number of rotatable bonds is 7. The summed E-state index contributed by atoms with van der Waals surface area (Å²) in [6.45, 7) is 6.01. The summed E-state index contributed by atoms with van der Waals surface area (Å²) in [6, 6.07) is 9.89. The predicted molar refractivity (Wildman–Crippen MR) is 128 cm³/mol. The molecule has 0 spiro atoms. The fourth-order valence-electron chi connectivity index (χ4n) is 2.57. The molecule has 1 aromatic heterocycles. The van der Waals surface area contributed by atoms with Crippen LogP contribution >= 0.6 is 11.6 Å². The summed E-state index contributed by atoms with van der Waals surface area (Å²) >= 11 is 5.91. The second kappa shape index (κ2) is 10.8. The minimum absolute atomic E-state index is 0.0441. The first-order valence-corrected chi connectivity index (χ1v) is 11.7. The van der Waals surface area contributed by atoms with Crippen LogP contribution in [0.4, 0.5) is 5.69 Å². The van der Waals surface area contributed by atoms with Crippen molar-refractivity contribution >= 4 is 39.4 Å². The molecule has 2 rings (SSSR count). The Morgan fingerprint density at radius 3 is 2.38 bits per heavy atom. The molecule has 1 atom stereocenters. The highest BCUT2D eigenvalue weighted by molar-refractivity contribution is 7.87. The molecule has 1 amide bonds. The van der Waals surface area contributed by atoms with Crippen LogP contribution in [-0.4, -0.2) is 49.8 Å². The van der Waals surface area contributed by atoms with Gasteiger partial charge in [-0.1, -0.05) is 32.4 Å². The molecule has 0 saturated heterocycles. The first-order chi connectivity index (χ1) is 14.9. The zero-order valence-corrected chi connectivity index (χ0v) is 20.3. The Morgan fingerprint density at radius 2 is 1.84 bits per heavy atom. The van der Waals surface area contributed by atoms with E-state index in [9.17, 15) is 13.2 Å². The van der Waals surface area contributed by atoms with Crippen molar-refractivity contribution in [3.8, 4) is 0 Å². The van der Waals surface area contributed by atoms with E-state index < -0.39 is 16.4 Å². The molecule has 0 bridgehead atoms. The topological polar surface area (TPSA) is 116 Å². The number of aliphatic imine (C=N–C) groups is 1. The first-order valence-electron chi connectivity index (χ1n) is 9.87. The first kappa shape index (κ1) is 25.6. The number of nitrogens with one attached hydrogen (secondary N) is 3. The minimum Gasteiger partial charge on any atom is -0.330 e. The molecule has 3 N–H and O–H groups in total. The van der Waals surface area contributed by atoms with Gasteiger partial charge in [0.2, 0.25) is 5.96 Å². The van der Waals surface area contributed by atoms with Gasteiger partial charge in [0.1, 0.15) is 6.17 Å². The van der Waals surface area contributed by atoms with Crippen molar-refractivity contribution in [2.45, 2.75) is 33.4 Å². The SMILES string of the molecule is CN(C)S(=O)(=O)N/C(=N/C(CC(C)(C)C)NC(=O)c1ccc(Cl)cc1)Nc1cccnc1. The molecule has 9 nitrogen and oxygen atoms in total. The van der Waals surface area contributed by atoms with Gasteiger partial charge in [-0.05, 0) is 48.2 Å². The lowest BCUT2D eigenvalue weighted by molar-refractivity contribution is 0.0929. The van der Waals surface area contributed by atoms with E-state index in [1.165, 1.54) is 20.3 Å². The lowest BCUT2D eigenvalue weighted by Gasteiger charge is -2.25. The second-order valence-corrected chi connectivity index (χ2v) is 10.8. The third-order valence-electron chi connectivity index (χ3n) is 4.13. The number of carbonyl (C=O) groups is 1.